The van der Waals surface area contributed by atoms with E-state index in [2.05, 4.69) is 18.8 Å². The van der Waals surface area contributed by atoms with Crippen LogP contribution in [0.5, 0.6) is 0 Å². The fourth-order valence-electron chi connectivity index (χ4n) is 3.66. The number of ether oxygens (including phenoxy) is 1. The summed E-state index contributed by atoms with van der Waals surface area (Å²) in [6.45, 7) is 3.72. The number of benzene rings is 1. The fraction of sp³-hybridized carbons (Fsp3) is 0.500. The van der Waals surface area contributed by atoms with Gasteiger partial charge in [-0.15, -0.1) is 0 Å². The molecule has 1 aromatic rings. The lowest BCUT2D eigenvalue weighted by atomic mass is 9.69. The van der Waals surface area contributed by atoms with Crippen LogP contribution in [0.2, 0.25) is 0 Å². The van der Waals surface area contributed by atoms with Crippen LogP contribution in [0.3, 0.4) is 0 Å². The van der Waals surface area contributed by atoms with E-state index in [0.717, 1.165) is 31.2 Å². The quantitative estimate of drug-likeness (QED) is 0.730. The van der Waals surface area contributed by atoms with Gasteiger partial charge in [0.1, 0.15) is 5.41 Å². The zero-order valence-electron chi connectivity index (χ0n) is 12.1. The first-order valence-corrected chi connectivity index (χ1v) is 7.33. The van der Waals surface area contributed by atoms with Gasteiger partial charge in [0.25, 0.3) is 0 Å². The van der Waals surface area contributed by atoms with Crippen LogP contribution in [-0.4, -0.2) is 17.5 Å². The summed E-state index contributed by atoms with van der Waals surface area (Å²) in [5.41, 5.74) is -0.0914. The van der Waals surface area contributed by atoms with Crippen LogP contribution in [-0.2, 0) is 9.53 Å². The van der Waals surface area contributed by atoms with Gasteiger partial charge in [0, 0.05) is 5.56 Å². The highest BCUT2D eigenvalue weighted by molar-refractivity contribution is 5.88. The number of fused-ring (bicyclic) bond motifs is 2. The van der Waals surface area contributed by atoms with E-state index in [4.69, 9.17) is 4.74 Å². The molecule has 2 heteroatoms. The van der Waals surface area contributed by atoms with Gasteiger partial charge in [-0.05, 0) is 51.7 Å². The molecule has 2 fully saturated rings. The predicted octanol–water partition coefficient (Wildman–Crippen LogP) is 3.35. The monoisotopic (exact) mass is 268 g/mol. The second-order valence-corrected chi connectivity index (χ2v) is 6.14. The minimum atomic E-state index is -0.635. The van der Waals surface area contributed by atoms with Crippen LogP contribution in [0.15, 0.2) is 30.3 Å². The van der Waals surface area contributed by atoms with Crippen LogP contribution in [0.25, 0.3) is 0 Å². The Labute approximate surface area is 120 Å². The summed E-state index contributed by atoms with van der Waals surface area (Å²) in [4.78, 5) is 12.4. The number of ketones is 1. The molecule has 0 unspecified atom stereocenters. The molecule has 0 aromatic heterocycles. The molecule has 0 saturated carbocycles. The SMILES string of the molecule is CC(=O)[C@]1(C#Cc2ccccc2)C[C@H]2CCC[C@]1(C)O2. The van der Waals surface area contributed by atoms with E-state index in [0.29, 0.717) is 0 Å². The first kappa shape index (κ1) is 13.4. The molecule has 2 saturated heterocycles. The third-order valence-corrected chi connectivity index (χ3v) is 4.84. The molecule has 3 atom stereocenters. The molecule has 2 heterocycles. The summed E-state index contributed by atoms with van der Waals surface area (Å²) in [6, 6.07) is 9.86. The van der Waals surface area contributed by atoms with Crippen molar-refractivity contribution in [2.75, 3.05) is 0 Å². The molecule has 104 valence electrons. The van der Waals surface area contributed by atoms with Gasteiger partial charge in [-0.1, -0.05) is 30.0 Å². The molecule has 0 N–H and O–H groups in total. The average molecular weight is 268 g/mol. The molecule has 2 bridgehead atoms. The van der Waals surface area contributed by atoms with Gasteiger partial charge in [-0.3, -0.25) is 4.79 Å². The van der Waals surface area contributed by atoms with E-state index >= 15 is 0 Å². The molecule has 2 aliphatic heterocycles. The van der Waals surface area contributed by atoms with Crippen LogP contribution in [0.4, 0.5) is 0 Å². The zero-order chi connectivity index (χ0) is 14.2. The van der Waals surface area contributed by atoms with Crippen molar-refractivity contribution in [3.8, 4) is 11.8 Å². The second kappa shape index (κ2) is 4.75. The number of carbonyl (C=O) groups excluding carboxylic acids is 1. The van der Waals surface area contributed by atoms with Crippen molar-refractivity contribution in [1.82, 2.24) is 0 Å². The van der Waals surface area contributed by atoms with E-state index in [1.807, 2.05) is 30.3 Å². The zero-order valence-corrected chi connectivity index (χ0v) is 12.1. The van der Waals surface area contributed by atoms with Gasteiger partial charge in [0.2, 0.25) is 0 Å². The minimum Gasteiger partial charge on any atom is -0.370 e. The summed E-state index contributed by atoms with van der Waals surface area (Å²) >= 11 is 0. The lowest BCUT2D eigenvalue weighted by molar-refractivity contribution is -0.136. The standard InChI is InChI=1S/C18H20O2/c1-14(19)18(12-10-15-7-4-3-5-8-15)13-16-9-6-11-17(18,2)20-16/h3-5,7-8,16H,6,9,11,13H2,1-2H3/t16-,17+,18+/m1/s1. The highest BCUT2D eigenvalue weighted by atomic mass is 16.5. The topological polar surface area (TPSA) is 26.3 Å². The van der Waals surface area contributed by atoms with Gasteiger partial charge in [-0.25, -0.2) is 0 Å². The molecule has 2 nitrogen and oxygen atoms in total. The van der Waals surface area contributed by atoms with Crippen molar-refractivity contribution < 1.29 is 9.53 Å². The molecule has 0 spiro atoms. The Morgan fingerprint density at radius 2 is 2.10 bits per heavy atom. The van der Waals surface area contributed by atoms with Crippen molar-refractivity contribution in [3.05, 3.63) is 35.9 Å². The van der Waals surface area contributed by atoms with Crippen molar-refractivity contribution >= 4 is 5.78 Å². The fourth-order valence-corrected chi connectivity index (χ4v) is 3.66. The highest BCUT2D eigenvalue weighted by Gasteiger charge is 2.60. The summed E-state index contributed by atoms with van der Waals surface area (Å²) in [7, 11) is 0. The number of Topliss-reactive ketones (excluding diaryl/α,β-unsaturated/α-hetero) is 1. The van der Waals surface area contributed by atoms with Crippen molar-refractivity contribution in [2.24, 2.45) is 5.41 Å². The molecule has 1 aromatic carbocycles. The molecule has 3 rings (SSSR count). The molecule has 2 aliphatic rings. The number of hydrogen-bond donors (Lipinski definition) is 0. The summed E-state index contributed by atoms with van der Waals surface area (Å²) in [5.74, 6) is 6.64. The maximum absolute atomic E-state index is 12.4. The normalized spacial score (nSPS) is 35.2. The van der Waals surface area contributed by atoms with E-state index in [1.165, 1.54) is 0 Å². The van der Waals surface area contributed by atoms with Crippen LogP contribution in [0, 0.1) is 17.3 Å². The van der Waals surface area contributed by atoms with Gasteiger partial charge >= 0.3 is 0 Å². The average Bonchev–Trinajstić information content (AvgIpc) is 2.64. The molecule has 20 heavy (non-hydrogen) atoms. The van der Waals surface area contributed by atoms with E-state index in [1.54, 1.807) is 6.92 Å². The Kier molecular flexibility index (Phi) is 3.18. The van der Waals surface area contributed by atoms with Gasteiger partial charge in [-0.2, -0.15) is 0 Å². The van der Waals surface area contributed by atoms with E-state index < -0.39 is 11.0 Å². The Morgan fingerprint density at radius 1 is 1.35 bits per heavy atom. The third-order valence-electron chi connectivity index (χ3n) is 4.84. The van der Waals surface area contributed by atoms with E-state index in [-0.39, 0.29) is 11.9 Å². The van der Waals surface area contributed by atoms with E-state index in [9.17, 15) is 4.79 Å². The van der Waals surface area contributed by atoms with Crippen molar-refractivity contribution in [3.63, 3.8) is 0 Å². The molecule has 0 amide bonds. The Bertz CT molecular complexity index is 580. The smallest absolute Gasteiger partial charge is 0.150 e. The largest absolute Gasteiger partial charge is 0.370 e. The Hall–Kier alpha value is -1.59. The maximum atomic E-state index is 12.4. The van der Waals surface area contributed by atoms with Crippen LogP contribution >= 0.6 is 0 Å². The lowest BCUT2D eigenvalue weighted by Crippen LogP contribution is -2.46. The lowest BCUT2D eigenvalue weighted by Gasteiger charge is -2.38. The van der Waals surface area contributed by atoms with Crippen molar-refractivity contribution in [1.29, 1.82) is 0 Å². The second-order valence-electron chi connectivity index (χ2n) is 6.14. The molecule has 0 radical (unpaired) electrons. The Morgan fingerprint density at radius 3 is 2.75 bits per heavy atom. The summed E-state index contributed by atoms with van der Waals surface area (Å²) in [5, 5.41) is 0. The van der Waals surface area contributed by atoms with Crippen LogP contribution < -0.4 is 0 Å². The Balaban J connectivity index is 2.02. The minimum absolute atomic E-state index is 0.146. The first-order valence-electron chi connectivity index (χ1n) is 7.33. The molecule has 0 aliphatic carbocycles. The third kappa shape index (κ3) is 1.98. The molecular weight excluding hydrogens is 248 g/mol. The predicted molar refractivity (Wildman–Crippen MR) is 78.2 cm³/mol. The van der Waals surface area contributed by atoms with Gasteiger partial charge in [0.05, 0.1) is 11.7 Å². The first-order chi connectivity index (χ1) is 9.56. The van der Waals surface area contributed by atoms with Crippen LogP contribution in [0.1, 0.15) is 45.1 Å². The summed E-state index contributed by atoms with van der Waals surface area (Å²) < 4.78 is 6.13. The van der Waals surface area contributed by atoms with Gasteiger partial charge in [0.15, 0.2) is 5.78 Å². The van der Waals surface area contributed by atoms with Crippen molar-refractivity contribution in [2.45, 2.75) is 51.2 Å². The summed E-state index contributed by atoms with van der Waals surface area (Å²) in [6.07, 6.45) is 4.05. The number of rotatable bonds is 1. The molecular formula is C18H20O2. The maximum Gasteiger partial charge on any atom is 0.150 e. The number of hydrogen-bond acceptors (Lipinski definition) is 2. The highest BCUT2D eigenvalue weighted by Crippen LogP contribution is 2.53. The number of carbonyl (C=O) groups is 1. The van der Waals surface area contributed by atoms with Gasteiger partial charge < -0.3 is 4.74 Å².